The van der Waals surface area contributed by atoms with Crippen molar-refractivity contribution in [1.82, 2.24) is 0 Å². The average molecular weight is 961 g/mol. The predicted octanol–water partition coefficient (Wildman–Crippen LogP) is 4.97. The van der Waals surface area contributed by atoms with Crippen molar-refractivity contribution >= 4 is 35.8 Å². The lowest BCUT2D eigenvalue weighted by atomic mass is 9.53. The first-order valence-electron chi connectivity index (χ1n) is 27.0. The number of hydrogen-bond acceptors (Lipinski definition) is 14. The summed E-state index contributed by atoms with van der Waals surface area (Å²) in [6.07, 6.45) is 6.38. The van der Waals surface area contributed by atoms with Crippen molar-refractivity contribution in [3.05, 3.63) is 0 Å². The van der Waals surface area contributed by atoms with E-state index in [1.807, 2.05) is 20.8 Å². The zero-order valence-corrected chi connectivity index (χ0v) is 40.8. The fourth-order valence-corrected chi connectivity index (χ4v) is 20.7. The molecule has 30 unspecified atom stereocenters. The van der Waals surface area contributed by atoms with Crippen LogP contribution in [0.1, 0.15) is 92.4 Å². The Balaban J connectivity index is 0.834. The monoisotopic (exact) mass is 960 g/mol. The molecule has 0 aromatic rings. The highest BCUT2D eigenvalue weighted by Crippen LogP contribution is 2.74. The molecule has 0 aromatic carbocycles. The van der Waals surface area contributed by atoms with Crippen LogP contribution in [0.3, 0.4) is 0 Å². The van der Waals surface area contributed by atoms with Gasteiger partial charge in [0.15, 0.2) is 0 Å². The normalized spacial score (nSPS) is 54.7. The third-order valence-corrected chi connectivity index (χ3v) is 22.6. The Labute approximate surface area is 403 Å². The SMILES string of the molecule is COC(=O)C1C2CC(C1C(=O)O)C1C3OC(C(CC4C(CC5C(C)C6OC5C5C7CC(CC7C(=O)OC(C)(C)C)C65)C5OC4C4C6CC(CC6C(=O)OCCCO)C54)C3CC3C(=O)OC(=O)C3C)C21. The summed E-state index contributed by atoms with van der Waals surface area (Å²) in [7, 11) is 1.33. The number of carbonyl (C=O) groups is 6. The van der Waals surface area contributed by atoms with E-state index in [2.05, 4.69) is 6.92 Å². The molecule has 0 aromatic heterocycles. The molecule has 13 aliphatic rings. The number of cyclic esters (lactones) is 2. The molecule has 7 aliphatic heterocycles. The summed E-state index contributed by atoms with van der Waals surface area (Å²) in [5.41, 5.74) is -0.545. The molecule has 15 nitrogen and oxygen atoms in total. The maximum absolute atomic E-state index is 13.7. The molecular weight excluding hydrogens is 889 g/mol. The number of esters is 5. The number of fused-ring (bicyclic) bond motifs is 27. The van der Waals surface area contributed by atoms with E-state index in [-0.39, 0.29) is 145 Å². The molecule has 6 aliphatic carbocycles. The fourth-order valence-electron chi connectivity index (χ4n) is 20.7. The zero-order valence-electron chi connectivity index (χ0n) is 40.8. The summed E-state index contributed by atoms with van der Waals surface area (Å²) in [6, 6.07) is 0. The molecule has 69 heavy (non-hydrogen) atoms. The van der Waals surface area contributed by atoms with Crippen molar-refractivity contribution in [2.24, 2.45) is 142 Å². The minimum absolute atomic E-state index is 0.0127. The molecular formula is C54H72O15. The number of carboxylic acid groups (broad SMARTS) is 1. The van der Waals surface area contributed by atoms with Crippen LogP contribution in [0.5, 0.6) is 0 Å². The molecule has 6 saturated carbocycles. The molecule has 13 rings (SSSR count). The molecule has 12 bridgehead atoms. The van der Waals surface area contributed by atoms with Crippen LogP contribution < -0.4 is 0 Å². The maximum Gasteiger partial charge on any atom is 0.317 e. The van der Waals surface area contributed by atoms with Crippen LogP contribution in [-0.2, 0) is 61.9 Å². The highest BCUT2D eigenvalue weighted by Gasteiger charge is 2.76. The molecule has 15 heteroatoms. The Bertz CT molecular complexity index is 2190. The Morgan fingerprint density at radius 3 is 1.67 bits per heavy atom. The topological polar surface area (TPSA) is 207 Å². The predicted molar refractivity (Wildman–Crippen MR) is 237 cm³/mol. The van der Waals surface area contributed by atoms with Crippen LogP contribution in [0.4, 0.5) is 0 Å². The summed E-state index contributed by atoms with van der Waals surface area (Å²) in [6.45, 7) is 10.1. The highest BCUT2D eigenvalue weighted by atomic mass is 16.6. The summed E-state index contributed by atoms with van der Waals surface area (Å²) >= 11 is 0. The van der Waals surface area contributed by atoms with Gasteiger partial charge in [0.1, 0.15) is 5.60 Å². The Morgan fingerprint density at radius 1 is 0.609 bits per heavy atom. The fraction of sp³-hybridized carbons (Fsp3) is 0.889. The van der Waals surface area contributed by atoms with E-state index in [1.165, 1.54) is 7.11 Å². The average Bonchev–Trinajstić information content (AvgIpc) is 4.15. The second-order valence-electron chi connectivity index (χ2n) is 25.9. The minimum atomic E-state index is -0.986. The molecule has 378 valence electrons. The van der Waals surface area contributed by atoms with Crippen molar-refractivity contribution in [3.8, 4) is 0 Å². The summed E-state index contributed by atoms with van der Waals surface area (Å²) < 4.78 is 44.0. The van der Waals surface area contributed by atoms with Crippen molar-refractivity contribution in [3.63, 3.8) is 0 Å². The second kappa shape index (κ2) is 15.9. The van der Waals surface area contributed by atoms with Gasteiger partial charge in [0, 0.05) is 13.0 Å². The number of aliphatic hydroxyl groups is 1. The van der Waals surface area contributed by atoms with Gasteiger partial charge < -0.3 is 43.4 Å². The number of aliphatic hydroxyl groups excluding tert-OH is 1. The number of carboxylic acids is 1. The van der Waals surface area contributed by atoms with E-state index in [4.69, 9.17) is 33.2 Å². The van der Waals surface area contributed by atoms with Crippen LogP contribution in [0.25, 0.3) is 0 Å². The van der Waals surface area contributed by atoms with Gasteiger partial charge in [-0.15, -0.1) is 0 Å². The van der Waals surface area contributed by atoms with Gasteiger partial charge >= 0.3 is 35.8 Å². The summed E-state index contributed by atoms with van der Waals surface area (Å²) in [5, 5.41) is 20.0. The molecule has 0 spiro atoms. The van der Waals surface area contributed by atoms with E-state index in [1.54, 1.807) is 6.92 Å². The molecule has 2 N–H and O–H groups in total. The van der Waals surface area contributed by atoms with Crippen LogP contribution in [0.15, 0.2) is 0 Å². The number of aliphatic carboxylic acids is 1. The van der Waals surface area contributed by atoms with Crippen molar-refractivity contribution in [2.75, 3.05) is 20.3 Å². The lowest BCUT2D eigenvalue weighted by Gasteiger charge is -2.48. The van der Waals surface area contributed by atoms with Gasteiger partial charge in [-0.25, -0.2) is 0 Å². The quantitative estimate of drug-likeness (QED) is 0.108. The Morgan fingerprint density at radius 2 is 1.12 bits per heavy atom. The van der Waals surface area contributed by atoms with E-state index in [9.17, 15) is 39.0 Å². The molecule has 13 fully saturated rings. The molecule has 30 atom stereocenters. The highest BCUT2D eigenvalue weighted by molar-refractivity contribution is 5.96. The minimum Gasteiger partial charge on any atom is -0.481 e. The van der Waals surface area contributed by atoms with Crippen molar-refractivity contribution < 1.29 is 72.1 Å². The first-order valence-corrected chi connectivity index (χ1v) is 27.0. The zero-order chi connectivity index (χ0) is 48.0. The van der Waals surface area contributed by atoms with Crippen molar-refractivity contribution in [1.29, 1.82) is 0 Å². The van der Waals surface area contributed by atoms with Gasteiger partial charge in [-0.1, -0.05) is 13.8 Å². The van der Waals surface area contributed by atoms with Gasteiger partial charge in [-0.05, 0) is 179 Å². The first kappa shape index (κ1) is 45.7. The third kappa shape index (κ3) is 6.35. The van der Waals surface area contributed by atoms with E-state index in [0.29, 0.717) is 54.8 Å². The van der Waals surface area contributed by atoms with E-state index in [0.717, 1.165) is 38.5 Å². The number of methoxy groups -OCH3 is 1. The van der Waals surface area contributed by atoms with Crippen LogP contribution >= 0.6 is 0 Å². The third-order valence-electron chi connectivity index (χ3n) is 22.6. The lowest BCUT2D eigenvalue weighted by molar-refractivity contribution is -0.164. The smallest absolute Gasteiger partial charge is 0.317 e. The Hall–Kier alpha value is -3.14. The number of hydrogen-bond donors (Lipinski definition) is 2. The van der Waals surface area contributed by atoms with Gasteiger partial charge in [0.25, 0.3) is 0 Å². The lowest BCUT2D eigenvalue weighted by Crippen LogP contribution is -2.52. The van der Waals surface area contributed by atoms with Gasteiger partial charge in [0.05, 0.1) is 85.8 Å². The van der Waals surface area contributed by atoms with Crippen LogP contribution in [-0.4, -0.2) is 109 Å². The summed E-state index contributed by atoms with van der Waals surface area (Å²) in [5.74, 6) is -3.18. The second-order valence-corrected chi connectivity index (χ2v) is 25.9. The molecule has 0 amide bonds. The number of carbonyl (C=O) groups excluding carboxylic acids is 5. The summed E-state index contributed by atoms with van der Waals surface area (Å²) in [4.78, 5) is 80.1. The largest absolute Gasteiger partial charge is 0.481 e. The van der Waals surface area contributed by atoms with E-state index < -0.39 is 53.1 Å². The van der Waals surface area contributed by atoms with Crippen LogP contribution in [0.2, 0.25) is 0 Å². The van der Waals surface area contributed by atoms with Crippen LogP contribution in [0, 0.1) is 142 Å². The van der Waals surface area contributed by atoms with Crippen molar-refractivity contribution in [2.45, 2.75) is 135 Å². The molecule has 7 saturated heterocycles. The number of rotatable bonds is 13. The van der Waals surface area contributed by atoms with Gasteiger partial charge in [-0.3, -0.25) is 28.8 Å². The molecule has 0 radical (unpaired) electrons. The first-order chi connectivity index (χ1) is 33.0. The van der Waals surface area contributed by atoms with E-state index >= 15 is 0 Å². The standard InChI is InChI=1S/C54H72O15/c1-18-22(43-36-25-10-20(34(36)42(18)65-43)13-31(25)52(61)69-54(3,4)5)14-26-28(45-37-24-11-21(35(37)44(26)66-45)12-30(24)50(59)64-9-7-8-55)16-29-27(15-23-19(2)49(58)68-51(23)60)46-38-32-17-33(39(38)47(29)67-46)41(53(62)63-6)40(32)48(56)57/h18-47,55H,7-17H2,1-6H3,(H,56,57). The number of ether oxygens (including phenoxy) is 7. The maximum atomic E-state index is 13.7. The van der Waals surface area contributed by atoms with Gasteiger partial charge in [0.2, 0.25) is 0 Å². The Kier molecular flexibility index (Phi) is 10.6. The molecule has 7 heterocycles. The van der Waals surface area contributed by atoms with Gasteiger partial charge in [-0.2, -0.15) is 0 Å².